The highest BCUT2D eigenvalue weighted by Gasteiger charge is 1.98. The number of furan rings is 1. The number of carbonyl (C=O) groups is 1. The number of unbranched alkanes of at least 4 members (excludes halogenated alkanes) is 5. The number of aryl methyl sites for hydroxylation is 2. The van der Waals surface area contributed by atoms with Crippen molar-refractivity contribution < 1.29 is 14.3 Å². The lowest BCUT2D eigenvalue weighted by Gasteiger charge is -1.97. The van der Waals surface area contributed by atoms with Crippen molar-refractivity contribution in [1.82, 2.24) is 0 Å². The molecule has 0 aromatic carbocycles. The van der Waals surface area contributed by atoms with Gasteiger partial charge in [-0.1, -0.05) is 31.3 Å². The quantitative estimate of drug-likeness (QED) is 0.563. The van der Waals surface area contributed by atoms with Crippen LogP contribution in [0.3, 0.4) is 0 Å². The standard InChI is InChI=1S/C20H24O3/c1-17-16-19(23-18(17)2)14-12-10-8-6-4-3-5-7-9-11-13-15-20(21)22/h4,6,16H,3,5,7,9,11,13,15H2,1-2H3,(H,21,22). The third kappa shape index (κ3) is 9.27. The molecule has 0 atom stereocenters. The van der Waals surface area contributed by atoms with Gasteiger partial charge in [0.05, 0.1) is 0 Å². The summed E-state index contributed by atoms with van der Waals surface area (Å²) in [6, 6.07) is 1.91. The Kier molecular flexibility index (Phi) is 9.10. The SMILES string of the molecule is Cc1cc(C#CC#CC=CCCCCCCCC(=O)O)oc1C. The maximum absolute atomic E-state index is 10.3. The summed E-state index contributed by atoms with van der Waals surface area (Å²) < 4.78 is 5.44. The summed E-state index contributed by atoms with van der Waals surface area (Å²) in [6.45, 7) is 3.91. The van der Waals surface area contributed by atoms with Crippen molar-refractivity contribution in [2.75, 3.05) is 0 Å². The van der Waals surface area contributed by atoms with Crippen molar-refractivity contribution in [3.05, 3.63) is 35.3 Å². The molecular weight excluding hydrogens is 288 g/mol. The lowest BCUT2D eigenvalue weighted by atomic mass is 10.1. The Hall–Kier alpha value is -2.39. The molecule has 1 aromatic rings. The van der Waals surface area contributed by atoms with E-state index in [1.165, 1.54) is 0 Å². The summed E-state index contributed by atoms with van der Waals surface area (Å²) in [5, 5.41) is 8.52. The van der Waals surface area contributed by atoms with E-state index in [1.54, 1.807) is 0 Å². The summed E-state index contributed by atoms with van der Waals surface area (Å²) in [6.07, 6.45) is 10.3. The van der Waals surface area contributed by atoms with E-state index in [-0.39, 0.29) is 6.42 Å². The van der Waals surface area contributed by atoms with Crippen molar-refractivity contribution in [3.8, 4) is 23.7 Å². The molecule has 0 aliphatic heterocycles. The fourth-order valence-corrected chi connectivity index (χ4v) is 2.02. The fraction of sp³-hybridized carbons (Fsp3) is 0.450. The molecule has 1 N–H and O–H groups in total. The minimum absolute atomic E-state index is 0.285. The van der Waals surface area contributed by atoms with Gasteiger partial charge in [0.15, 0.2) is 5.76 Å². The molecule has 0 aliphatic rings. The van der Waals surface area contributed by atoms with Crippen LogP contribution in [0, 0.1) is 37.5 Å². The maximum Gasteiger partial charge on any atom is 0.303 e. The Balaban J connectivity index is 2.10. The molecule has 0 fully saturated rings. The van der Waals surface area contributed by atoms with E-state index in [1.807, 2.05) is 32.1 Å². The molecular formula is C20H24O3. The molecule has 0 radical (unpaired) electrons. The summed E-state index contributed by atoms with van der Waals surface area (Å²) >= 11 is 0. The Morgan fingerprint density at radius 2 is 1.91 bits per heavy atom. The first-order chi connectivity index (χ1) is 11.1. The molecule has 3 heteroatoms. The fourth-order valence-electron chi connectivity index (χ4n) is 2.02. The van der Waals surface area contributed by atoms with Crippen LogP contribution in [0.1, 0.15) is 62.0 Å². The van der Waals surface area contributed by atoms with Crippen LogP contribution < -0.4 is 0 Å². The molecule has 0 saturated carbocycles. The van der Waals surface area contributed by atoms with Crippen LogP contribution in [0.4, 0.5) is 0 Å². The average Bonchev–Trinajstić information content (AvgIpc) is 2.82. The minimum Gasteiger partial charge on any atom is -0.481 e. The topological polar surface area (TPSA) is 50.4 Å². The van der Waals surface area contributed by atoms with Crippen LogP contribution in [0.15, 0.2) is 22.6 Å². The third-order valence-electron chi connectivity index (χ3n) is 3.45. The second-order valence-corrected chi connectivity index (χ2v) is 5.47. The van der Waals surface area contributed by atoms with Gasteiger partial charge in [-0.2, -0.15) is 0 Å². The van der Waals surface area contributed by atoms with Crippen molar-refractivity contribution in [2.45, 2.75) is 58.8 Å². The number of aliphatic carboxylic acids is 1. The molecule has 122 valence electrons. The van der Waals surface area contributed by atoms with Gasteiger partial charge in [-0.15, -0.1) is 0 Å². The van der Waals surface area contributed by atoms with Crippen LogP contribution in [0.5, 0.6) is 0 Å². The molecule has 0 saturated heterocycles. The van der Waals surface area contributed by atoms with E-state index in [9.17, 15) is 4.79 Å². The van der Waals surface area contributed by atoms with Crippen molar-refractivity contribution >= 4 is 5.97 Å². The van der Waals surface area contributed by atoms with Crippen LogP contribution in [0.2, 0.25) is 0 Å². The first-order valence-corrected chi connectivity index (χ1v) is 8.05. The van der Waals surface area contributed by atoms with Gasteiger partial charge in [-0.25, -0.2) is 0 Å². The van der Waals surface area contributed by atoms with Crippen LogP contribution in [0.25, 0.3) is 0 Å². The minimum atomic E-state index is -0.702. The molecule has 1 aromatic heterocycles. The van der Waals surface area contributed by atoms with E-state index in [0.29, 0.717) is 5.76 Å². The molecule has 0 amide bonds. The van der Waals surface area contributed by atoms with Crippen LogP contribution in [-0.2, 0) is 4.79 Å². The highest BCUT2D eigenvalue weighted by atomic mass is 16.4. The van der Waals surface area contributed by atoms with E-state index in [2.05, 4.69) is 23.7 Å². The summed E-state index contributed by atoms with van der Waals surface area (Å²) in [5.74, 6) is 12.2. The van der Waals surface area contributed by atoms with Gasteiger partial charge in [0.25, 0.3) is 0 Å². The molecule has 3 nitrogen and oxygen atoms in total. The van der Waals surface area contributed by atoms with Gasteiger partial charge in [0, 0.05) is 6.42 Å². The molecule has 0 spiro atoms. The van der Waals surface area contributed by atoms with Gasteiger partial charge in [0.2, 0.25) is 0 Å². The zero-order chi connectivity index (χ0) is 16.9. The number of carboxylic acids is 1. The zero-order valence-corrected chi connectivity index (χ0v) is 13.9. The molecule has 1 rings (SSSR count). The number of hydrogen-bond acceptors (Lipinski definition) is 2. The van der Waals surface area contributed by atoms with E-state index >= 15 is 0 Å². The summed E-state index contributed by atoms with van der Waals surface area (Å²) in [5.41, 5.74) is 1.10. The normalized spacial score (nSPS) is 10.0. The van der Waals surface area contributed by atoms with Crippen molar-refractivity contribution in [1.29, 1.82) is 0 Å². The Labute approximate surface area is 138 Å². The second kappa shape index (κ2) is 11.2. The largest absolute Gasteiger partial charge is 0.481 e. The van der Waals surface area contributed by atoms with Gasteiger partial charge < -0.3 is 9.52 Å². The van der Waals surface area contributed by atoms with Gasteiger partial charge in [-0.3, -0.25) is 4.79 Å². The lowest BCUT2D eigenvalue weighted by Crippen LogP contribution is -1.93. The highest BCUT2D eigenvalue weighted by Crippen LogP contribution is 2.11. The average molecular weight is 312 g/mol. The second-order valence-electron chi connectivity index (χ2n) is 5.47. The Morgan fingerprint density at radius 3 is 2.61 bits per heavy atom. The molecule has 0 unspecified atom stereocenters. The summed E-state index contributed by atoms with van der Waals surface area (Å²) in [4.78, 5) is 10.3. The van der Waals surface area contributed by atoms with Crippen LogP contribution in [-0.4, -0.2) is 11.1 Å². The van der Waals surface area contributed by atoms with Crippen LogP contribution >= 0.6 is 0 Å². The maximum atomic E-state index is 10.3. The predicted molar refractivity (Wildman–Crippen MR) is 91.9 cm³/mol. The number of carboxylic acid groups (broad SMARTS) is 1. The molecule has 23 heavy (non-hydrogen) atoms. The van der Waals surface area contributed by atoms with Gasteiger partial charge in [-0.05, 0) is 68.6 Å². The smallest absolute Gasteiger partial charge is 0.303 e. The Bertz CT molecular complexity index is 622. The first kappa shape index (κ1) is 18.7. The first-order valence-electron chi connectivity index (χ1n) is 8.05. The van der Waals surface area contributed by atoms with Crippen molar-refractivity contribution in [3.63, 3.8) is 0 Å². The van der Waals surface area contributed by atoms with Gasteiger partial charge >= 0.3 is 5.97 Å². The van der Waals surface area contributed by atoms with E-state index < -0.39 is 5.97 Å². The third-order valence-corrected chi connectivity index (χ3v) is 3.45. The van der Waals surface area contributed by atoms with E-state index in [0.717, 1.165) is 49.8 Å². The summed E-state index contributed by atoms with van der Waals surface area (Å²) in [7, 11) is 0. The number of allylic oxidation sites excluding steroid dienone is 2. The number of hydrogen-bond donors (Lipinski definition) is 1. The van der Waals surface area contributed by atoms with E-state index in [4.69, 9.17) is 9.52 Å². The van der Waals surface area contributed by atoms with Crippen molar-refractivity contribution in [2.24, 2.45) is 0 Å². The lowest BCUT2D eigenvalue weighted by molar-refractivity contribution is -0.137. The number of rotatable bonds is 8. The zero-order valence-electron chi connectivity index (χ0n) is 13.9. The highest BCUT2D eigenvalue weighted by molar-refractivity contribution is 5.66. The predicted octanol–water partition coefficient (Wildman–Crippen LogP) is 4.62. The molecule has 0 aliphatic carbocycles. The van der Waals surface area contributed by atoms with Gasteiger partial charge in [0.1, 0.15) is 5.76 Å². The molecule has 0 bridgehead atoms. The molecule has 1 heterocycles. The monoisotopic (exact) mass is 312 g/mol. The Morgan fingerprint density at radius 1 is 1.17 bits per heavy atom.